The monoisotopic (exact) mass is 396 g/mol. The molecule has 4 aliphatic rings. The Kier molecular flexibility index (Phi) is 5.63. The molecule has 2 saturated carbocycles. The molecule has 2 aliphatic heterocycles. The molecule has 0 aromatic carbocycles. The van der Waals surface area contributed by atoms with E-state index in [1.54, 1.807) is 0 Å². The molecular weight excluding hydrogens is 356 g/mol. The number of fused-ring (bicyclic) bond motifs is 5. The Morgan fingerprint density at radius 2 is 1.86 bits per heavy atom. The first-order chi connectivity index (χ1) is 13.2. The minimum atomic E-state index is -0.476. The third kappa shape index (κ3) is 3.35. The average molecular weight is 397 g/mol. The highest BCUT2D eigenvalue weighted by atomic mass is 16.7. The smallest absolute Gasteiger partial charge is 0.165 e. The van der Waals surface area contributed by atoms with Gasteiger partial charge in [0.2, 0.25) is 0 Å². The van der Waals surface area contributed by atoms with Crippen molar-refractivity contribution < 1.29 is 24.1 Å². The molecule has 0 amide bonds. The van der Waals surface area contributed by atoms with Crippen LogP contribution in [0.4, 0.5) is 0 Å². The summed E-state index contributed by atoms with van der Waals surface area (Å²) in [4.78, 5) is 0. The summed E-state index contributed by atoms with van der Waals surface area (Å²) in [5.41, 5.74) is 0.620. The zero-order chi connectivity index (χ0) is 20.2. The molecule has 1 N–H and O–H groups in total. The molecule has 2 bridgehead atoms. The molecule has 4 rings (SSSR count). The van der Waals surface area contributed by atoms with Crippen LogP contribution in [0.3, 0.4) is 0 Å². The summed E-state index contributed by atoms with van der Waals surface area (Å²) in [6.45, 7) is 12.7. The van der Waals surface area contributed by atoms with Crippen molar-refractivity contribution in [1.29, 1.82) is 0 Å². The van der Waals surface area contributed by atoms with Crippen LogP contribution in [-0.2, 0) is 18.9 Å². The molecule has 0 aromatic heterocycles. The summed E-state index contributed by atoms with van der Waals surface area (Å²) in [5, 5.41) is 10.7. The van der Waals surface area contributed by atoms with Crippen molar-refractivity contribution in [2.75, 3.05) is 13.2 Å². The standard InChI is InChI=1S/C23H40O5/c1-6-18(17(24)8-7-10-23(5)25-12-13-26-23)27-19-14-15-16-9-11-22(4,20(15)28-19)21(16,2)3/h15-20,24H,6-14H2,1-5H3/t15-,16?,17-,18-,19+,20-,22-/m0/s1. The molecule has 0 radical (unpaired) electrons. The van der Waals surface area contributed by atoms with E-state index in [0.717, 1.165) is 31.6 Å². The van der Waals surface area contributed by atoms with Crippen molar-refractivity contribution >= 4 is 0 Å². The summed E-state index contributed by atoms with van der Waals surface area (Å²) >= 11 is 0. The molecule has 0 spiro atoms. The van der Waals surface area contributed by atoms with Crippen LogP contribution >= 0.6 is 0 Å². The van der Waals surface area contributed by atoms with Crippen molar-refractivity contribution in [3.05, 3.63) is 0 Å². The molecule has 162 valence electrons. The van der Waals surface area contributed by atoms with Gasteiger partial charge >= 0.3 is 0 Å². The third-order valence-corrected chi connectivity index (χ3v) is 8.86. The fourth-order valence-corrected chi connectivity index (χ4v) is 6.74. The summed E-state index contributed by atoms with van der Waals surface area (Å²) < 4.78 is 24.1. The van der Waals surface area contributed by atoms with Crippen LogP contribution < -0.4 is 0 Å². The van der Waals surface area contributed by atoms with E-state index < -0.39 is 11.9 Å². The molecule has 2 saturated heterocycles. The quantitative estimate of drug-likeness (QED) is 0.664. The van der Waals surface area contributed by atoms with Gasteiger partial charge in [0.15, 0.2) is 12.1 Å². The first-order valence-corrected chi connectivity index (χ1v) is 11.5. The minimum absolute atomic E-state index is 0.162. The highest BCUT2D eigenvalue weighted by molar-refractivity contribution is 5.16. The van der Waals surface area contributed by atoms with E-state index >= 15 is 0 Å². The molecule has 2 aliphatic carbocycles. The lowest BCUT2D eigenvalue weighted by Gasteiger charge is -2.39. The maximum Gasteiger partial charge on any atom is 0.165 e. The van der Waals surface area contributed by atoms with Crippen molar-refractivity contribution in [3.63, 3.8) is 0 Å². The van der Waals surface area contributed by atoms with Gasteiger partial charge in [0, 0.05) is 12.8 Å². The molecule has 7 atom stereocenters. The van der Waals surface area contributed by atoms with Crippen LogP contribution in [0, 0.1) is 22.7 Å². The number of aliphatic hydroxyl groups excluding tert-OH is 1. The number of ether oxygens (including phenoxy) is 4. The molecule has 0 aromatic rings. The van der Waals surface area contributed by atoms with Crippen molar-refractivity contribution in [1.82, 2.24) is 0 Å². The Morgan fingerprint density at radius 1 is 1.14 bits per heavy atom. The number of aliphatic hydroxyl groups is 1. The Balaban J connectivity index is 1.28. The average Bonchev–Trinajstić information content (AvgIpc) is 3.34. The maximum atomic E-state index is 10.7. The van der Waals surface area contributed by atoms with Crippen molar-refractivity contribution in [3.8, 4) is 0 Å². The lowest BCUT2D eigenvalue weighted by Crippen LogP contribution is -2.39. The van der Waals surface area contributed by atoms with E-state index in [4.69, 9.17) is 18.9 Å². The molecular formula is C23H40O5. The largest absolute Gasteiger partial charge is 0.390 e. The van der Waals surface area contributed by atoms with Gasteiger partial charge in [0.1, 0.15) is 0 Å². The fraction of sp³-hybridized carbons (Fsp3) is 1.00. The SMILES string of the molecule is CC[C@H](O[C@H]1C[C@H]2C3CC[C@@](C)([C@H]2O1)C3(C)C)[C@@H](O)CCCC1(C)OCCO1. The second-order valence-electron chi connectivity index (χ2n) is 10.5. The van der Waals surface area contributed by atoms with Gasteiger partial charge in [0.05, 0.1) is 31.5 Å². The predicted molar refractivity (Wildman–Crippen MR) is 107 cm³/mol. The van der Waals surface area contributed by atoms with Crippen LogP contribution in [0.5, 0.6) is 0 Å². The number of hydrogen-bond donors (Lipinski definition) is 1. The second kappa shape index (κ2) is 7.49. The summed E-state index contributed by atoms with van der Waals surface area (Å²) in [5.74, 6) is 0.883. The summed E-state index contributed by atoms with van der Waals surface area (Å²) in [7, 11) is 0. The second-order valence-corrected chi connectivity index (χ2v) is 10.5. The lowest BCUT2D eigenvalue weighted by molar-refractivity contribution is -0.204. The van der Waals surface area contributed by atoms with Gasteiger partial charge < -0.3 is 24.1 Å². The predicted octanol–water partition coefficient (Wildman–Crippen LogP) is 4.26. The van der Waals surface area contributed by atoms with Gasteiger partial charge in [-0.3, -0.25) is 0 Å². The number of hydrogen-bond acceptors (Lipinski definition) is 5. The highest BCUT2D eigenvalue weighted by Gasteiger charge is 2.69. The van der Waals surface area contributed by atoms with Crippen LogP contribution in [0.25, 0.3) is 0 Å². The van der Waals surface area contributed by atoms with Crippen LogP contribution in [0.2, 0.25) is 0 Å². The zero-order valence-corrected chi connectivity index (χ0v) is 18.4. The van der Waals surface area contributed by atoms with E-state index in [1.807, 2.05) is 6.92 Å². The Morgan fingerprint density at radius 3 is 2.50 bits per heavy atom. The van der Waals surface area contributed by atoms with Gasteiger partial charge in [-0.2, -0.15) is 0 Å². The molecule has 2 heterocycles. The summed E-state index contributed by atoms with van der Waals surface area (Å²) in [6.07, 6.45) is 6.26. The minimum Gasteiger partial charge on any atom is -0.390 e. The Labute approximate surface area is 170 Å². The first-order valence-electron chi connectivity index (χ1n) is 11.5. The van der Waals surface area contributed by atoms with Crippen molar-refractivity contribution in [2.24, 2.45) is 22.7 Å². The van der Waals surface area contributed by atoms with E-state index in [-0.39, 0.29) is 17.8 Å². The van der Waals surface area contributed by atoms with E-state index in [0.29, 0.717) is 37.1 Å². The van der Waals surface area contributed by atoms with E-state index in [1.165, 1.54) is 12.8 Å². The third-order valence-electron chi connectivity index (χ3n) is 8.86. The Bertz CT molecular complexity index is 557. The molecule has 1 unspecified atom stereocenters. The Hall–Kier alpha value is -0.200. The maximum absolute atomic E-state index is 10.7. The molecule has 4 fully saturated rings. The zero-order valence-electron chi connectivity index (χ0n) is 18.4. The van der Waals surface area contributed by atoms with E-state index in [9.17, 15) is 5.11 Å². The normalized spacial score (nSPS) is 42.6. The lowest BCUT2D eigenvalue weighted by atomic mass is 9.70. The van der Waals surface area contributed by atoms with Crippen LogP contribution in [0.15, 0.2) is 0 Å². The summed E-state index contributed by atoms with van der Waals surface area (Å²) in [6, 6.07) is 0. The van der Waals surface area contributed by atoms with Gasteiger partial charge in [-0.15, -0.1) is 0 Å². The van der Waals surface area contributed by atoms with Gasteiger partial charge in [-0.1, -0.05) is 27.7 Å². The van der Waals surface area contributed by atoms with Gasteiger partial charge in [-0.25, -0.2) is 0 Å². The van der Waals surface area contributed by atoms with Crippen LogP contribution in [-0.4, -0.2) is 48.7 Å². The molecule has 5 nitrogen and oxygen atoms in total. The number of rotatable bonds is 8. The topological polar surface area (TPSA) is 57.2 Å². The van der Waals surface area contributed by atoms with Gasteiger partial charge in [-0.05, 0) is 61.7 Å². The van der Waals surface area contributed by atoms with Crippen LogP contribution in [0.1, 0.15) is 79.6 Å². The van der Waals surface area contributed by atoms with Gasteiger partial charge in [0.25, 0.3) is 0 Å². The van der Waals surface area contributed by atoms with E-state index in [2.05, 4.69) is 27.7 Å². The fourth-order valence-electron chi connectivity index (χ4n) is 6.74. The molecule has 28 heavy (non-hydrogen) atoms. The first kappa shape index (κ1) is 21.0. The highest BCUT2D eigenvalue weighted by Crippen LogP contribution is 2.71. The molecule has 5 heteroatoms. The van der Waals surface area contributed by atoms with Crippen molar-refractivity contribution in [2.45, 2.75) is 110 Å².